The maximum Gasteiger partial charge on any atom is 0.252 e. The first-order valence-electron chi connectivity index (χ1n) is 3.52. The zero-order valence-electron chi connectivity index (χ0n) is 6.90. The Morgan fingerprint density at radius 3 is 2.62 bits per heavy atom. The van der Waals surface area contributed by atoms with Gasteiger partial charge in [-0.15, -0.1) is 0 Å². The van der Waals surface area contributed by atoms with Gasteiger partial charge in [-0.05, 0) is 23.7 Å². The summed E-state index contributed by atoms with van der Waals surface area (Å²) in [5, 5.41) is -0.394. The van der Waals surface area contributed by atoms with Crippen LogP contribution < -0.4 is 5.30 Å². The molecule has 1 rings (SSSR count). The van der Waals surface area contributed by atoms with Crippen LogP contribution in [0.15, 0.2) is 24.3 Å². The minimum atomic E-state index is -3.30. The number of halogens is 1. The van der Waals surface area contributed by atoms with Crippen molar-refractivity contribution in [2.24, 2.45) is 0 Å². The van der Waals surface area contributed by atoms with E-state index in [2.05, 4.69) is 0 Å². The summed E-state index contributed by atoms with van der Waals surface area (Å²) in [6, 6.07) is 5.84. The maximum atomic E-state index is 11.2. The summed E-state index contributed by atoms with van der Waals surface area (Å²) in [7, 11) is -3.30. The molecule has 1 N–H and O–H groups in total. The van der Waals surface area contributed by atoms with Crippen LogP contribution in [0.2, 0.25) is 0 Å². The Balaban J connectivity index is 3.21. The number of hydrogen-bond acceptors (Lipinski definition) is 2. The van der Waals surface area contributed by atoms with Crippen LogP contribution in [0.4, 0.5) is 0 Å². The van der Waals surface area contributed by atoms with Gasteiger partial charge in [0.05, 0.1) is 0 Å². The maximum absolute atomic E-state index is 11.2. The number of benzene rings is 1. The molecule has 0 radical (unpaired) electrons. The van der Waals surface area contributed by atoms with Crippen LogP contribution in [0.1, 0.15) is 10.4 Å². The minimum absolute atomic E-state index is 0.232. The highest BCUT2D eigenvalue weighted by Crippen LogP contribution is 2.33. The van der Waals surface area contributed by atoms with Crippen molar-refractivity contribution >= 4 is 29.5 Å². The largest absolute Gasteiger partial charge is 0.341 e. The summed E-state index contributed by atoms with van der Waals surface area (Å²) >= 11 is 5.21. The zero-order valence-corrected chi connectivity index (χ0v) is 8.55. The quantitative estimate of drug-likeness (QED) is 0.606. The van der Waals surface area contributed by atoms with Crippen LogP contribution in [0.3, 0.4) is 0 Å². The molecule has 0 bridgehead atoms. The first-order chi connectivity index (χ1) is 5.91. The van der Waals surface area contributed by atoms with Crippen molar-refractivity contribution in [2.75, 3.05) is 6.66 Å². The molecule has 0 aliphatic rings. The lowest BCUT2D eigenvalue weighted by atomic mass is 10.2. The lowest BCUT2D eigenvalue weighted by Crippen LogP contribution is -2.05. The van der Waals surface area contributed by atoms with Gasteiger partial charge in [-0.2, -0.15) is 0 Å². The van der Waals surface area contributed by atoms with E-state index in [-0.39, 0.29) is 10.9 Å². The van der Waals surface area contributed by atoms with Crippen molar-refractivity contribution < 1.29 is 14.3 Å². The number of carbonyl (C=O) groups is 1. The molecule has 0 spiro atoms. The summed E-state index contributed by atoms with van der Waals surface area (Å²) in [4.78, 5) is 19.9. The van der Waals surface area contributed by atoms with E-state index in [0.29, 0.717) is 0 Å². The molecule has 3 nitrogen and oxygen atoms in total. The predicted molar refractivity (Wildman–Crippen MR) is 52.0 cm³/mol. The SMILES string of the molecule is CP(=O)(O)c1cccc(C(=O)Cl)c1. The number of rotatable bonds is 2. The van der Waals surface area contributed by atoms with E-state index in [1.807, 2.05) is 0 Å². The number of hydrogen-bond donors (Lipinski definition) is 1. The van der Waals surface area contributed by atoms with Crippen LogP contribution in [0, 0.1) is 0 Å². The van der Waals surface area contributed by atoms with Gasteiger partial charge in [-0.3, -0.25) is 9.36 Å². The molecule has 5 heteroatoms. The fourth-order valence-corrected chi connectivity index (χ4v) is 1.75. The van der Waals surface area contributed by atoms with Crippen LogP contribution >= 0.6 is 19.0 Å². The molecule has 0 aromatic heterocycles. The van der Waals surface area contributed by atoms with Gasteiger partial charge in [0.25, 0.3) is 5.24 Å². The van der Waals surface area contributed by atoms with Crippen LogP contribution in [-0.4, -0.2) is 16.8 Å². The van der Waals surface area contributed by atoms with Crippen LogP contribution in [0.5, 0.6) is 0 Å². The molecule has 0 fully saturated rings. The third kappa shape index (κ3) is 2.66. The number of carbonyl (C=O) groups excluding carboxylic acids is 1. The van der Waals surface area contributed by atoms with E-state index in [1.54, 1.807) is 0 Å². The Morgan fingerprint density at radius 1 is 1.54 bits per heavy atom. The zero-order chi connectivity index (χ0) is 10.1. The molecule has 1 aromatic rings. The molecule has 0 aliphatic carbocycles. The van der Waals surface area contributed by atoms with Crippen LogP contribution in [-0.2, 0) is 4.57 Å². The van der Waals surface area contributed by atoms with E-state index in [1.165, 1.54) is 30.9 Å². The van der Waals surface area contributed by atoms with Crippen molar-refractivity contribution in [2.45, 2.75) is 0 Å². The van der Waals surface area contributed by atoms with E-state index in [0.717, 1.165) is 0 Å². The highest BCUT2D eigenvalue weighted by atomic mass is 35.5. The molecule has 0 heterocycles. The average molecular weight is 219 g/mol. The highest BCUT2D eigenvalue weighted by molar-refractivity contribution is 7.65. The summed E-state index contributed by atoms with van der Waals surface area (Å²) in [5.74, 6) is 0. The molecule has 1 atom stereocenters. The summed E-state index contributed by atoms with van der Waals surface area (Å²) in [6.07, 6.45) is 0. The van der Waals surface area contributed by atoms with Crippen molar-refractivity contribution in [1.29, 1.82) is 0 Å². The van der Waals surface area contributed by atoms with Gasteiger partial charge < -0.3 is 4.89 Å². The van der Waals surface area contributed by atoms with E-state index in [4.69, 9.17) is 11.6 Å². The van der Waals surface area contributed by atoms with E-state index < -0.39 is 12.6 Å². The normalized spacial score (nSPS) is 15.0. The van der Waals surface area contributed by atoms with Gasteiger partial charge in [0, 0.05) is 17.5 Å². The Hall–Kier alpha value is -0.630. The standard InChI is InChI=1S/C8H8ClO3P/c1-13(11,12)7-4-2-3-6(5-7)8(9)10/h2-5H,1H3,(H,11,12). The average Bonchev–Trinajstić information content (AvgIpc) is 2.03. The highest BCUT2D eigenvalue weighted by Gasteiger charge is 2.14. The lowest BCUT2D eigenvalue weighted by molar-refractivity contribution is 0.108. The smallest absolute Gasteiger partial charge is 0.252 e. The van der Waals surface area contributed by atoms with Gasteiger partial charge >= 0.3 is 0 Å². The fourth-order valence-electron chi connectivity index (χ4n) is 0.886. The monoisotopic (exact) mass is 218 g/mol. The van der Waals surface area contributed by atoms with E-state index in [9.17, 15) is 14.3 Å². The van der Waals surface area contributed by atoms with Crippen molar-refractivity contribution in [1.82, 2.24) is 0 Å². The van der Waals surface area contributed by atoms with E-state index >= 15 is 0 Å². The third-order valence-electron chi connectivity index (χ3n) is 1.55. The molecular weight excluding hydrogens is 211 g/mol. The first-order valence-corrected chi connectivity index (χ1v) is 6.00. The molecule has 1 unspecified atom stereocenters. The molecular formula is C8H8ClO3P. The summed E-state index contributed by atoms with van der Waals surface area (Å²) in [5.41, 5.74) is 0.232. The second-order valence-electron chi connectivity index (χ2n) is 2.70. The van der Waals surface area contributed by atoms with Gasteiger partial charge in [-0.25, -0.2) is 0 Å². The van der Waals surface area contributed by atoms with Gasteiger partial charge in [0.15, 0.2) is 0 Å². The predicted octanol–water partition coefficient (Wildman–Crippen LogP) is 1.59. The third-order valence-corrected chi connectivity index (χ3v) is 3.01. The molecule has 1 aromatic carbocycles. The van der Waals surface area contributed by atoms with Crippen molar-refractivity contribution in [3.8, 4) is 0 Å². The Bertz CT molecular complexity index is 383. The summed E-state index contributed by atoms with van der Waals surface area (Å²) < 4.78 is 11.2. The Morgan fingerprint density at radius 2 is 2.15 bits per heavy atom. The van der Waals surface area contributed by atoms with Crippen molar-refractivity contribution in [3.63, 3.8) is 0 Å². The molecule has 0 amide bonds. The Kier molecular flexibility index (Phi) is 2.91. The van der Waals surface area contributed by atoms with Gasteiger partial charge in [0.1, 0.15) is 0 Å². The molecule has 0 saturated carbocycles. The van der Waals surface area contributed by atoms with Crippen molar-refractivity contribution in [3.05, 3.63) is 29.8 Å². The second kappa shape index (κ2) is 3.62. The molecule has 13 heavy (non-hydrogen) atoms. The van der Waals surface area contributed by atoms with Gasteiger partial charge in [0.2, 0.25) is 7.37 Å². The molecule has 0 aliphatic heterocycles. The second-order valence-corrected chi connectivity index (χ2v) is 5.32. The first kappa shape index (κ1) is 10.5. The molecule has 0 saturated heterocycles. The minimum Gasteiger partial charge on any atom is -0.341 e. The molecule has 70 valence electrons. The van der Waals surface area contributed by atoms with Crippen LogP contribution in [0.25, 0.3) is 0 Å². The lowest BCUT2D eigenvalue weighted by Gasteiger charge is -2.05. The summed E-state index contributed by atoms with van der Waals surface area (Å²) in [6.45, 7) is 1.21. The topological polar surface area (TPSA) is 54.4 Å². The Labute approximate surface area is 80.8 Å². The van der Waals surface area contributed by atoms with Gasteiger partial charge in [-0.1, -0.05) is 12.1 Å². The fraction of sp³-hybridized carbons (Fsp3) is 0.125.